The van der Waals surface area contributed by atoms with Crippen molar-refractivity contribution in [1.29, 1.82) is 0 Å². The Morgan fingerprint density at radius 1 is 1.17 bits per heavy atom. The van der Waals surface area contributed by atoms with Crippen LogP contribution in [-0.4, -0.2) is 34.0 Å². The molecule has 2 aromatic heterocycles. The van der Waals surface area contributed by atoms with Crippen LogP contribution in [0.5, 0.6) is 0 Å². The van der Waals surface area contributed by atoms with E-state index >= 15 is 0 Å². The molecule has 0 aliphatic carbocycles. The van der Waals surface area contributed by atoms with Crippen molar-refractivity contribution in [2.45, 2.75) is 33.3 Å². The SMILES string of the molecule is CNC(=O)OC(CC(C)C)c1nc2ccc(-c3ccnc(NC(C)=O)c3)cc2[nH]1. The van der Waals surface area contributed by atoms with Gasteiger partial charge in [-0.2, -0.15) is 0 Å². The summed E-state index contributed by atoms with van der Waals surface area (Å²) in [7, 11) is 1.53. The Hall–Kier alpha value is -3.42. The van der Waals surface area contributed by atoms with Gasteiger partial charge in [-0.1, -0.05) is 19.9 Å². The third-order valence-corrected chi connectivity index (χ3v) is 4.34. The number of aromatic nitrogens is 3. The van der Waals surface area contributed by atoms with Gasteiger partial charge in [0, 0.05) is 20.2 Å². The van der Waals surface area contributed by atoms with E-state index in [2.05, 4.69) is 39.4 Å². The molecule has 2 amide bonds. The van der Waals surface area contributed by atoms with Gasteiger partial charge in [-0.15, -0.1) is 0 Å². The van der Waals surface area contributed by atoms with E-state index in [0.717, 1.165) is 22.2 Å². The second-order valence-corrected chi connectivity index (χ2v) is 7.24. The van der Waals surface area contributed by atoms with Gasteiger partial charge in [0.2, 0.25) is 5.91 Å². The van der Waals surface area contributed by atoms with E-state index in [1.54, 1.807) is 6.20 Å². The number of carbonyl (C=O) groups excluding carboxylic acids is 2. The summed E-state index contributed by atoms with van der Waals surface area (Å²) in [5, 5.41) is 5.17. The first-order valence-corrected chi connectivity index (χ1v) is 9.47. The van der Waals surface area contributed by atoms with Crippen LogP contribution in [0, 0.1) is 5.92 Å². The number of imidazole rings is 1. The zero-order chi connectivity index (χ0) is 21.0. The normalized spacial score (nSPS) is 12.0. The molecular formula is C21H25N5O3. The lowest BCUT2D eigenvalue weighted by molar-refractivity contribution is -0.114. The van der Waals surface area contributed by atoms with Gasteiger partial charge in [0.25, 0.3) is 0 Å². The minimum atomic E-state index is -0.487. The number of aromatic amines is 1. The molecule has 3 N–H and O–H groups in total. The maximum atomic E-state index is 11.7. The zero-order valence-corrected chi connectivity index (χ0v) is 16.9. The van der Waals surface area contributed by atoms with Crippen LogP contribution in [-0.2, 0) is 9.53 Å². The van der Waals surface area contributed by atoms with Crippen LogP contribution in [0.1, 0.15) is 39.1 Å². The van der Waals surface area contributed by atoms with Crippen LogP contribution >= 0.6 is 0 Å². The lowest BCUT2D eigenvalue weighted by atomic mass is 10.1. The Kier molecular flexibility index (Phi) is 6.11. The fourth-order valence-corrected chi connectivity index (χ4v) is 3.05. The maximum absolute atomic E-state index is 11.7. The molecule has 0 aliphatic rings. The van der Waals surface area contributed by atoms with Crippen LogP contribution in [0.3, 0.4) is 0 Å². The molecule has 0 fully saturated rings. The van der Waals surface area contributed by atoms with Crippen molar-refractivity contribution in [2.24, 2.45) is 5.92 Å². The highest BCUT2D eigenvalue weighted by atomic mass is 16.6. The number of hydrogen-bond donors (Lipinski definition) is 3. The molecule has 0 spiro atoms. The number of nitrogens with zero attached hydrogens (tertiary/aromatic N) is 2. The van der Waals surface area contributed by atoms with E-state index in [4.69, 9.17) is 4.74 Å². The molecule has 3 rings (SSSR count). The number of rotatable bonds is 6. The van der Waals surface area contributed by atoms with Crippen molar-refractivity contribution in [3.05, 3.63) is 42.4 Å². The third kappa shape index (κ3) is 5.10. The molecule has 0 radical (unpaired) electrons. The van der Waals surface area contributed by atoms with E-state index in [1.165, 1.54) is 14.0 Å². The smallest absolute Gasteiger partial charge is 0.407 e. The van der Waals surface area contributed by atoms with Crippen molar-refractivity contribution < 1.29 is 14.3 Å². The monoisotopic (exact) mass is 395 g/mol. The predicted octanol–water partition coefficient (Wildman–Crippen LogP) is 4.03. The Morgan fingerprint density at radius 2 is 1.93 bits per heavy atom. The number of anilines is 1. The average molecular weight is 395 g/mol. The van der Waals surface area contributed by atoms with Crippen LogP contribution in [0.25, 0.3) is 22.2 Å². The third-order valence-electron chi connectivity index (χ3n) is 4.34. The van der Waals surface area contributed by atoms with Crippen molar-refractivity contribution in [1.82, 2.24) is 20.3 Å². The van der Waals surface area contributed by atoms with E-state index in [-0.39, 0.29) is 5.91 Å². The first kappa shape index (κ1) is 20.3. The van der Waals surface area contributed by atoms with E-state index in [1.807, 2.05) is 30.3 Å². The number of pyridine rings is 1. The number of nitrogens with one attached hydrogen (secondary N) is 3. The number of benzene rings is 1. The molecule has 1 atom stereocenters. The lowest BCUT2D eigenvalue weighted by Gasteiger charge is -2.17. The highest BCUT2D eigenvalue weighted by Gasteiger charge is 2.21. The molecular weight excluding hydrogens is 370 g/mol. The molecule has 29 heavy (non-hydrogen) atoms. The minimum absolute atomic E-state index is 0.171. The second-order valence-electron chi connectivity index (χ2n) is 7.24. The van der Waals surface area contributed by atoms with Gasteiger partial charge in [-0.05, 0) is 47.7 Å². The number of fused-ring (bicyclic) bond motifs is 1. The van der Waals surface area contributed by atoms with Crippen molar-refractivity contribution in [3.63, 3.8) is 0 Å². The Bertz CT molecular complexity index is 1030. The minimum Gasteiger partial charge on any atom is -0.438 e. The lowest BCUT2D eigenvalue weighted by Crippen LogP contribution is -2.23. The summed E-state index contributed by atoms with van der Waals surface area (Å²) in [5.74, 6) is 1.27. The molecule has 1 aromatic carbocycles. The molecule has 2 heterocycles. The fourth-order valence-electron chi connectivity index (χ4n) is 3.05. The number of hydrogen-bond acceptors (Lipinski definition) is 5. The van der Waals surface area contributed by atoms with Gasteiger partial charge >= 0.3 is 6.09 Å². The Morgan fingerprint density at radius 3 is 2.62 bits per heavy atom. The molecule has 0 bridgehead atoms. The summed E-state index contributed by atoms with van der Waals surface area (Å²) in [4.78, 5) is 35.1. The first-order valence-electron chi connectivity index (χ1n) is 9.47. The van der Waals surface area contributed by atoms with Crippen LogP contribution in [0.4, 0.5) is 10.6 Å². The summed E-state index contributed by atoms with van der Waals surface area (Å²) in [6.07, 6.45) is 1.36. The molecule has 0 saturated heterocycles. The second kappa shape index (κ2) is 8.72. The largest absolute Gasteiger partial charge is 0.438 e. The molecule has 3 aromatic rings. The number of alkyl carbamates (subject to hydrolysis) is 1. The van der Waals surface area contributed by atoms with Crippen molar-refractivity contribution >= 4 is 28.9 Å². The Balaban J connectivity index is 1.93. The summed E-state index contributed by atoms with van der Waals surface area (Å²) in [6, 6.07) is 9.54. The molecule has 1 unspecified atom stereocenters. The van der Waals surface area contributed by atoms with E-state index in [0.29, 0.717) is 24.0 Å². The van der Waals surface area contributed by atoms with Crippen molar-refractivity contribution in [2.75, 3.05) is 12.4 Å². The number of amides is 2. The predicted molar refractivity (Wildman–Crippen MR) is 111 cm³/mol. The summed E-state index contributed by atoms with van der Waals surface area (Å²) in [6.45, 7) is 5.58. The topological polar surface area (TPSA) is 109 Å². The molecule has 0 aliphatic heterocycles. The number of H-pyrrole nitrogens is 1. The maximum Gasteiger partial charge on any atom is 0.407 e. The Labute approximate surface area is 169 Å². The van der Waals surface area contributed by atoms with Crippen molar-refractivity contribution in [3.8, 4) is 11.1 Å². The summed E-state index contributed by atoms with van der Waals surface area (Å²) < 4.78 is 5.50. The van der Waals surface area contributed by atoms with E-state index in [9.17, 15) is 9.59 Å². The zero-order valence-electron chi connectivity index (χ0n) is 16.9. The van der Waals surface area contributed by atoms with Gasteiger partial charge in [0.1, 0.15) is 11.6 Å². The standard InChI is InChI=1S/C21H25N5O3/c1-12(2)9-18(29-21(28)22-4)20-25-16-6-5-14(10-17(16)26-20)15-7-8-23-19(11-15)24-13(3)27/h5-8,10-12,18H,9H2,1-4H3,(H,22,28)(H,25,26)(H,23,24,27). The molecule has 0 saturated carbocycles. The molecule has 152 valence electrons. The number of ether oxygens (including phenoxy) is 1. The molecule has 8 nitrogen and oxygen atoms in total. The first-order chi connectivity index (χ1) is 13.9. The molecule has 8 heteroatoms. The highest BCUT2D eigenvalue weighted by Crippen LogP contribution is 2.28. The van der Waals surface area contributed by atoms with Gasteiger partial charge in [-0.3, -0.25) is 4.79 Å². The van der Waals surface area contributed by atoms with Crippen LogP contribution in [0.2, 0.25) is 0 Å². The highest BCUT2D eigenvalue weighted by molar-refractivity contribution is 5.89. The van der Waals surface area contributed by atoms with Gasteiger partial charge in [0.05, 0.1) is 11.0 Å². The summed E-state index contributed by atoms with van der Waals surface area (Å²) >= 11 is 0. The quantitative estimate of drug-likeness (QED) is 0.584. The van der Waals surface area contributed by atoms with Crippen LogP contribution < -0.4 is 10.6 Å². The fraction of sp³-hybridized carbons (Fsp3) is 0.333. The van der Waals surface area contributed by atoms with E-state index < -0.39 is 12.2 Å². The number of carbonyl (C=O) groups is 2. The van der Waals surface area contributed by atoms with Gasteiger partial charge < -0.3 is 20.4 Å². The average Bonchev–Trinajstić information content (AvgIpc) is 3.10. The van der Waals surface area contributed by atoms with Gasteiger partial charge in [-0.25, -0.2) is 14.8 Å². The summed E-state index contributed by atoms with van der Waals surface area (Å²) in [5.41, 5.74) is 3.50. The van der Waals surface area contributed by atoms with Gasteiger partial charge in [0.15, 0.2) is 6.10 Å². The van der Waals surface area contributed by atoms with Crippen LogP contribution in [0.15, 0.2) is 36.5 Å².